The third-order valence-corrected chi connectivity index (χ3v) is 3.81. The van der Waals surface area contributed by atoms with Gasteiger partial charge in [-0.2, -0.15) is 0 Å². The minimum atomic E-state index is 0.482. The number of rotatable bonds is 3. The van der Waals surface area contributed by atoms with Gasteiger partial charge in [0, 0.05) is 10.9 Å². The quantitative estimate of drug-likeness (QED) is 0.698. The Morgan fingerprint density at radius 2 is 1.90 bits per heavy atom. The normalized spacial score (nSPS) is 10.5. The molecular weight excluding hydrogens is 290 g/mol. The number of nitrogens with one attached hydrogen (secondary N) is 1. The van der Waals surface area contributed by atoms with Crippen LogP contribution in [0.25, 0.3) is 11.3 Å². The van der Waals surface area contributed by atoms with Crippen molar-refractivity contribution in [1.29, 1.82) is 0 Å². The van der Waals surface area contributed by atoms with E-state index in [2.05, 4.69) is 46.5 Å². The molecule has 1 aromatic carbocycles. The number of thiazole rings is 1. The van der Waals surface area contributed by atoms with Crippen molar-refractivity contribution in [1.82, 2.24) is 9.97 Å². The number of hydrogen-bond donors (Lipinski definition) is 1. The highest BCUT2D eigenvalue weighted by Crippen LogP contribution is 2.27. The number of benzene rings is 1. The monoisotopic (exact) mass is 301 g/mol. The SMILES string of the molecule is Cc1ccc(-c2csc(Nc3ccc(Cl)nc3)n2)cc1. The van der Waals surface area contributed by atoms with Crippen LogP contribution in [0.3, 0.4) is 0 Å². The molecule has 0 unspecified atom stereocenters. The van der Waals surface area contributed by atoms with Crippen molar-refractivity contribution in [3.05, 3.63) is 58.7 Å². The molecule has 0 atom stereocenters. The van der Waals surface area contributed by atoms with Crippen LogP contribution in [0.1, 0.15) is 5.56 Å². The van der Waals surface area contributed by atoms with E-state index in [4.69, 9.17) is 11.6 Å². The van der Waals surface area contributed by atoms with Crippen molar-refractivity contribution in [2.24, 2.45) is 0 Å². The first-order valence-corrected chi connectivity index (χ1v) is 7.37. The summed E-state index contributed by atoms with van der Waals surface area (Å²) in [7, 11) is 0. The summed E-state index contributed by atoms with van der Waals surface area (Å²) in [6.07, 6.45) is 1.69. The zero-order valence-corrected chi connectivity index (χ0v) is 12.4. The molecule has 3 aromatic rings. The van der Waals surface area contributed by atoms with Gasteiger partial charge in [-0.15, -0.1) is 11.3 Å². The van der Waals surface area contributed by atoms with Gasteiger partial charge >= 0.3 is 0 Å². The van der Waals surface area contributed by atoms with Crippen LogP contribution in [0.5, 0.6) is 0 Å². The number of halogens is 1. The van der Waals surface area contributed by atoms with Crippen LogP contribution in [0, 0.1) is 6.92 Å². The second kappa shape index (κ2) is 5.61. The molecule has 0 saturated heterocycles. The lowest BCUT2D eigenvalue weighted by molar-refractivity contribution is 1.31. The molecule has 0 saturated carbocycles. The fraction of sp³-hybridized carbons (Fsp3) is 0.0667. The lowest BCUT2D eigenvalue weighted by Crippen LogP contribution is -1.90. The Bertz CT molecular complexity index is 705. The largest absolute Gasteiger partial charge is 0.330 e. The predicted molar refractivity (Wildman–Crippen MR) is 84.8 cm³/mol. The molecule has 0 spiro atoms. The minimum Gasteiger partial charge on any atom is -0.330 e. The van der Waals surface area contributed by atoms with Crippen LogP contribution in [0.15, 0.2) is 48.0 Å². The van der Waals surface area contributed by atoms with E-state index in [-0.39, 0.29) is 0 Å². The van der Waals surface area contributed by atoms with E-state index in [0.717, 1.165) is 22.1 Å². The third kappa shape index (κ3) is 2.98. The van der Waals surface area contributed by atoms with Crippen LogP contribution in [-0.2, 0) is 0 Å². The van der Waals surface area contributed by atoms with Crippen molar-refractivity contribution in [2.75, 3.05) is 5.32 Å². The molecular formula is C15H12ClN3S. The maximum absolute atomic E-state index is 5.76. The maximum atomic E-state index is 5.76. The first kappa shape index (κ1) is 13.1. The molecule has 0 aliphatic heterocycles. The van der Waals surface area contributed by atoms with Gasteiger partial charge in [0.1, 0.15) is 5.15 Å². The molecule has 0 aliphatic carbocycles. The summed E-state index contributed by atoms with van der Waals surface area (Å²) in [5, 5.41) is 6.58. The number of nitrogens with zero attached hydrogens (tertiary/aromatic N) is 2. The molecule has 0 aliphatic rings. The van der Waals surface area contributed by atoms with Crippen LogP contribution >= 0.6 is 22.9 Å². The van der Waals surface area contributed by atoms with Gasteiger partial charge in [-0.25, -0.2) is 9.97 Å². The maximum Gasteiger partial charge on any atom is 0.187 e. The fourth-order valence-corrected chi connectivity index (χ4v) is 2.61. The van der Waals surface area contributed by atoms with E-state index in [0.29, 0.717) is 5.15 Å². The molecule has 2 heterocycles. The summed E-state index contributed by atoms with van der Waals surface area (Å²) in [6, 6.07) is 12.0. The van der Waals surface area contributed by atoms with Gasteiger partial charge in [-0.05, 0) is 19.1 Å². The Kier molecular flexibility index (Phi) is 3.67. The minimum absolute atomic E-state index is 0.482. The second-order valence-corrected chi connectivity index (χ2v) is 5.64. The summed E-state index contributed by atoms with van der Waals surface area (Å²) >= 11 is 7.32. The molecule has 0 radical (unpaired) electrons. The van der Waals surface area contributed by atoms with Crippen LogP contribution in [-0.4, -0.2) is 9.97 Å². The Morgan fingerprint density at radius 3 is 2.60 bits per heavy atom. The lowest BCUT2D eigenvalue weighted by Gasteiger charge is -2.01. The van der Waals surface area contributed by atoms with Gasteiger partial charge in [0.25, 0.3) is 0 Å². The van der Waals surface area contributed by atoms with E-state index < -0.39 is 0 Å². The lowest BCUT2D eigenvalue weighted by atomic mass is 10.1. The Morgan fingerprint density at radius 1 is 1.10 bits per heavy atom. The average molecular weight is 302 g/mol. The number of aryl methyl sites for hydroxylation is 1. The van der Waals surface area contributed by atoms with Crippen molar-refractivity contribution >= 4 is 33.8 Å². The second-order valence-electron chi connectivity index (χ2n) is 4.40. The molecule has 3 nitrogen and oxygen atoms in total. The van der Waals surface area contributed by atoms with Crippen LogP contribution in [0.4, 0.5) is 10.8 Å². The van der Waals surface area contributed by atoms with Gasteiger partial charge < -0.3 is 5.32 Å². The summed E-state index contributed by atoms with van der Waals surface area (Å²) in [5.41, 5.74) is 4.21. The smallest absolute Gasteiger partial charge is 0.187 e. The van der Waals surface area contributed by atoms with Crippen LogP contribution in [0.2, 0.25) is 5.15 Å². The van der Waals surface area contributed by atoms with Gasteiger partial charge in [-0.3, -0.25) is 0 Å². The first-order chi connectivity index (χ1) is 9.70. The van der Waals surface area contributed by atoms with Gasteiger partial charge in [0.15, 0.2) is 5.13 Å². The fourth-order valence-electron chi connectivity index (χ4n) is 1.76. The zero-order chi connectivity index (χ0) is 13.9. The van der Waals surface area contributed by atoms with E-state index in [1.807, 2.05) is 11.4 Å². The summed E-state index contributed by atoms with van der Waals surface area (Å²) in [6.45, 7) is 2.07. The molecule has 2 aromatic heterocycles. The van der Waals surface area contributed by atoms with Crippen molar-refractivity contribution in [3.63, 3.8) is 0 Å². The summed E-state index contributed by atoms with van der Waals surface area (Å²) in [5.74, 6) is 0. The predicted octanol–water partition coefficient (Wildman–Crippen LogP) is 4.91. The topological polar surface area (TPSA) is 37.8 Å². The molecule has 0 fully saturated rings. The molecule has 1 N–H and O–H groups in total. The summed E-state index contributed by atoms with van der Waals surface area (Å²) < 4.78 is 0. The Labute approximate surface area is 126 Å². The Hall–Kier alpha value is -1.91. The highest BCUT2D eigenvalue weighted by atomic mass is 35.5. The molecule has 3 rings (SSSR count). The third-order valence-electron chi connectivity index (χ3n) is 2.83. The van der Waals surface area contributed by atoms with Crippen molar-refractivity contribution < 1.29 is 0 Å². The van der Waals surface area contributed by atoms with E-state index >= 15 is 0 Å². The van der Waals surface area contributed by atoms with E-state index in [1.54, 1.807) is 23.6 Å². The first-order valence-electron chi connectivity index (χ1n) is 6.12. The number of pyridine rings is 1. The van der Waals surface area contributed by atoms with Crippen molar-refractivity contribution in [3.8, 4) is 11.3 Å². The highest BCUT2D eigenvalue weighted by molar-refractivity contribution is 7.14. The highest BCUT2D eigenvalue weighted by Gasteiger charge is 2.05. The molecule has 100 valence electrons. The van der Waals surface area contributed by atoms with Gasteiger partial charge in [-0.1, -0.05) is 41.4 Å². The zero-order valence-electron chi connectivity index (χ0n) is 10.8. The molecule has 0 bridgehead atoms. The van der Waals surface area contributed by atoms with Gasteiger partial charge in [0.05, 0.1) is 17.6 Å². The van der Waals surface area contributed by atoms with E-state index in [1.165, 1.54) is 5.56 Å². The van der Waals surface area contributed by atoms with Gasteiger partial charge in [0.2, 0.25) is 0 Å². The van der Waals surface area contributed by atoms with Crippen molar-refractivity contribution in [2.45, 2.75) is 6.92 Å². The average Bonchev–Trinajstić information content (AvgIpc) is 2.91. The van der Waals surface area contributed by atoms with E-state index in [9.17, 15) is 0 Å². The molecule has 5 heteroatoms. The summed E-state index contributed by atoms with van der Waals surface area (Å²) in [4.78, 5) is 8.60. The molecule has 0 amide bonds. The standard InChI is InChI=1S/C15H12ClN3S/c1-10-2-4-11(5-3-10)13-9-20-15(19-13)18-12-6-7-14(16)17-8-12/h2-9H,1H3,(H,18,19). The molecule has 20 heavy (non-hydrogen) atoms. The number of aromatic nitrogens is 2. The number of anilines is 2. The number of hydrogen-bond acceptors (Lipinski definition) is 4. The Balaban J connectivity index is 1.80. The van der Waals surface area contributed by atoms with Crippen LogP contribution < -0.4 is 5.32 Å².